The van der Waals surface area contributed by atoms with E-state index < -0.39 is 0 Å². The van der Waals surface area contributed by atoms with E-state index in [-0.39, 0.29) is 6.61 Å². The van der Waals surface area contributed by atoms with Gasteiger partial charge in [0.15, 0.2) is 0 Å². The maximum atomic E-state index is 9.60. The molecule has 0 spiro atoms. The van der Waals surface area contributed by atoms with Gasteiger partial charge in [-0.25, -0.2) is 0 Å². The van der Waals surface area contributed by atoms with Crippen molar-refractivity contribution in [3.8, 4) is 11.5 Å². The van der Waals surface area contributed by atoms with Crippen molar-refractivity contribution >= 4 is 0 Å². The van der Waals surface area contributed by atoms with Crippen LogP contribution in [0.2, 0.25) is 0 Å². The highest BCUT2D eigenvalue weighted by atomic mass is 16.5. The Balaban J connectivity index is 1.68. The second-order valence-corrected chi connectivity index (χ2v) is 7.52. The number of piperazine rings is 1. The van der Waals surface area contributed by atoms with Crippen LogP contribution < -0.4 is 9.47 Å². The zero-order chi connectivity index (χ0) is 19.9. The highest BCUT2D eigenvalue weighted by Crippen LogP contribution is 2.25. The summed E-state index contributed by atoms with van der Waals surface area (Å²) in [5.41, 5.74) is 3.90. The van der Waals surface area contributed by atoms with Crippen LogP contribution in [0.15, 0.2) is 42.5 Å². The van der Waals surface area contributed by atoms with Crippen LogP contribution in [0.3, 0.4) is 0 Å². The van der Waals surface area contributed by atoms with E-state index in [0.29, 0.717) is 6.04 Å². The van der Waals surface area contributed by atoms with E-state index in [0.717, 1.165) is 50.6 Å². The van der Waals surface area contributed by atoms with E-state index in [1.807, 2.05) is 6.07 Å². The summed E-state index contributed by atoms with van der Waals surface area (Å²) >= 11 is 0. The zero-order valence-corrected chi connectivity index (χ0v) is 17.2. The maximum absolute atomic E-state index is 9.60. The molecule has 0 bridgehead atoms. The van der Waals surface area contributed by atoms with Crippen LogP contribution >= 0.6 is 0 Å². The summed E-state index contributed by atoms with van der Waals surface area (Å²) in [7, 11) is 3.36. The first kappa shape index (κ1) is 20.6. The molecule has 28 heavy (non-hydrogen) atoms. The van der Waals surface area contributed by atoms with Gasteiger partial charge in [-0.05, 0) is 42.2 Å². The first-order chi connectivity index (χ1) is 13.6. The highest BCUT2D eigenvalue weighted by molar-refractivity contribution is 5.38. The van der Waals surface area contributed by atoms with Gasteiger partial charge in [0.2, 0.25) is 0 Å². The van der Waals surface area contributed by atoms with Crippen molar-refractivity contribution in [3.63, 3.8) is 0 Å². The van der Waals surface area contributed by atoms with Gasteiger partial charge in [-0.3, -0.25) is 9.80 Å². The molecule has 1 aliphatic heterocycles. The second kappa shape index (κ2) is 9.92. The minimum Gasteiger partial charge on any atom is -0.497 e. The standard InChI is InChI=1S/C23H32N2O3/c1-18-6-4-5-7-20(18)16-24-9-10-25(21(17-24)8-11-26)15-19-12-22(27-2)14-23(13-19)28-3/h4-7,12-14,21,26H,8-11,15-17H2,1-3H3/t21-/m1/s1. The van der Waals surface area contributed by atoms with Gasteiger partial charge in [0.05, 0.1) is 14.2 Å². The molecule has 2 aromatic rings. The van der Waals surface area contributed by atoms with Crippen LogP contribution in [0.5, 0.6) is 11.5 Å². The summed E-state index contributed by atoms with van der Waals surface area (Å²) in [6.45, 7) is 7.16. The van der Waals surface area contributed by atoms with Gasteiger partial charge in [-0.1, -0.05) is 24.3 Å². The maximum Gasteiger partial charge on any atom is 0.122 e. The van der Waals surface area contributed by atoms with Crippen LogP contribution in [0.4, 0.5) is 0 Å². The van der Waals surface area contributed by atoms with Gasteiger partial charge in [0, 0.05) is 51.4 Å². The van der Waals surface area contributed by atoms with Crippen LogP contribution in [-0.2, 0) is 13.1 Å². The van der Waals surface area contributed by atoms with E-state index in [1.54, 1.807) is 14.2 Å². The Morgan fingerprint density at radius 1 is 1.00 bits per heavy atom. The normalized spacial score (nSPS) is 18.2. The third kappa shape index (κ3) is 5.25. The lowest BCUT2D eigenvalue weighted by molar-refractivity contribution is 0.0498. The Hall–Kier alpha value is -2.08. The SMILES string of the molecule is COc1cc(CN2CCN(Cc3ccccc3C)C[C@H]2CCO)cc(OC)c1. The molecular formula is C23H32N2O3. The predicted molar refractivity (Wildman–Crippen MR) is 112 cm³/mol. The molecule has 0 aromatic heterocycles. The van der Waals surface area contributed by atoms with Gasteiger partial charge in [0.25, 0.3) is 0 Å². The van der Waals surface area contributed by atoms with E-state index >= 15 is 0 Å². The molecular weight excluding hydrogens is 352 g/mol. The number of aryl methyl sites for hydroxylation is 1. The Bertz CT molecular complexity index is 743. The summed E-state index contributed by atoms with van der Waals surface area (Å²) in [4.78, 5) is 4.98. The third-order valence-corrected chi connectivity index (χ3v) is 5.60. The monoisotopic (exact) mass is 384 g/mol. The molecule has 1 saturated heterocycles. The number of methoxy groups -OCH3 is 2. The molecule has 1 N–H and O–H groups in total. The van der Waals surface area contributed by atoms with Gasteiger partial charge < -0.3 is 14.6 Å². The molecule has 1 fully saturated rings. The first-order valence-corrected chi connectivity index (χ1v) is 9.96. The lowest BCUT2D eigenvalue weighted by Gasteiger charge is -2.41. The predicted octanol–water partition coefficient (Wildman–Crippen LogP) is 3.08. The number of nitrogens with zero attached hydrogens (tertiary/aromatic N) is 2. The molecule has 5 heteroatoms. The number of hydrogen-bond acceptors (Lipinski definition) is 5. The Labute approximate surface area is 168 Å². The average molecular weight is 385 g/mol. The third-order valence-electron chi connectivity index (χ3n) is 5.60. The summed E-state index contributed by atoms with van der Waals surface area (Å²) in [6, 6.07) is 15.0. The summed E-state index contributed by atoms with van der Waals surface area (Å²) < 4.78 is 10.8. The van der Waals surface area contributed by atoms with Crippen LogP contribution in [0.25, 0.3) is 0 Å². The Kier molecular flexibility index (Phi) is 7.31. The van der Waals surface area contributed by atoms with E-state index in [9.17, 15) is 5.11 Å². The fraction of sp³-hybridized carbons (Fsp3) is 0.478. The second-order valence-electron chi connectivity index (χ2n) is 7.52. The smallest absolute Gasteiger partial charge is 0.122 e. The van der Waals surface area contributed by atoms with Gasteiger partial charge >= 0.3 is 0 Å². The number of rotatable bonds is 8. The molecule has 5 nitrogen and oxygen atoms in total. The highest BCUT2D eigenvalue weighted by Gasteiger charge is 2.27. The van der Waals surface area contributed by atoms with Crippen LogP contribution in [0, 0.1) is 6.92 Å². The number of ether oxygens (including phenoxy) is 2. The van der Waals surface area contributed by atoms with Gasteiger partial charge in [0.1, 0.15) is 11.5 Å². The fourth-order valence-corrected chi connectivity index (χ4v) is 3.95. The molecule has 0 unspecified atom stereocenters. The van der Waals surface area contributed by atoms with Crippen molar-refractivity contribution < 1.29 is 14.6 Å². The topological polar surface area (TPSA) is 45.2 Å². The van der Waals surface area contributed by atoms with E-state index in [4.69, 9.17) is 9.47 Å². The van der Waals surface area contributed by atoms with Gasteiger partial charge in [-0.2, -0.15) is 0 Å². The Morgan fingerprint density at radius 2 is 1.71 bits per heavy atom. The van der Waals surface area contributed by atoms with Crippen molar-refractivity contribution in [2.45, 2.75) is 32.5 Å². The quantitative estimate of drug-likeness (QED) is 0.758. The fourth-order valence-electron chi connectivity index (χ4n) is 3.95. The minimum atomic E-state index is 0.209. The molecule has 152 valence electrons. The van der Waals surface area contributed by atoms with Crippen molar-refractivity contribution in [1.82, 2.24) is 9.80 Å². The van der Waals surface area contributed by atoms with Crippen molar-refractivity contribution in [2.24, 2.45) is 0 Å². The molecule has 2 aromatic carbocycles. The number of hydrogen-bond donors (Lipinski definition) is 1. The molecule has 0 aliphatic carbocycles. The molecule has 0 radical (unpaired) electrons. The Morgan fingerprint density at radius 3 is 2.36 bits per heavy atom. The van der Waals surface area contributed by atoms with E-state index in [2.05, 4.69) is 53.1 Å². The van der Waals surface area contributed by atoms with Crippen molar-refractivity contribution in [2.75, 3.05) is 40.5 Å². The molecule has 3 rings (SSSR count). The van der Waals surface area contributed by atoms with Crippen molar-refractivity contribution in [3.05, 3.63) is 59.2 Å². The minimum absolute atomic E-state index is 0.209. The van der Waals surface area contributed by atoms with Gasteiger partial charge in [-0.15, -0.1) is 0 Å². The van der Waals surface area contributed by atoms with Crippen LogP contribution in [0.1, 0.15) is 23.1 Å². The molecule has 1 aliphatic rings. The zero-order valence-electron chi connectivity index (χ0n) is 17.2. The lowest BCUT2D eigenvalue weighted by atomic mass is 10.0. The molecule has 0 saturated carbocycles. The summed E-state index contributed by atoms with van der Waals surface area (Å²) in [5, 5.41) is 9.60. The number of benzene rings is 2. The largest absolute Gasteiger partial charge is 0.497 e. The first-order valence-electron chi connectivity index (χ1n) is 9.96. The molecule has 1 atom stereocenters. The number of aliphatic hydroxyl groups is 1. The molecule has 1 heterocycles. The average Bonchev–Trinajstić information content (AvgIpc) is 2.71. The van der Waals surface area contributed by atoms with E-state index in [1.165, 1.54) is 16.7 Å². The van der Waals surface area contributed by atoms with Crippen molar-refractivity contribution in [1.29, 1.82) is 0 Å². The summed E-state index contributed by atoms with van der Waals surface area (Å²) in [5.74, 6) is 1.62. The number of aliphatic hydroxyl groups excluding tert-OH is 1. The summed E-state index contributed by atoms with van der Waals surface area (Å²) in [6.07, 6.45) is 0.783. The molecule has 0 amide bonds. The van der Waals surface area contributed by atoms with Crippen LogP contribution in [-0.4, -0.2) is 61.4 Å². The lowest BCUT2D eigenvalue weighted by Crippen LogP contribution is -2.52.